The maximum atomic E-state index is 5.41. The molecule has 0 amide bonds. The highest BCUT2D eigenvalue weighted by atomic mass is 16.5. The van der Waals surface area contributed by atoms with Gasteiger partial charge in [-0.05, 0) is 43.5 Å². The van der Waals surface area contributed by atoms with Gasteiger partial charge in [0.05, 0.1) is 13.2 Å². The fraction of sp³-hybridized carbons (Fsp3) is 0.600. The van der Waals surface area contributed by atoms with Gasteiger partial charge < -0.3 is 14.8 Å². The highest BCUT2D eigenvalue weighted by Gasteiger charge is 2.00. The van der Waals surface area contributed by atoms with Crippen molar-refractivity contribution in [2.45, 2.75) is 26.8 Å². The number of benzene rings is 1. The molecule has 0 saturated heterocycles. The minimum Gasteiger partial charge on any atom is -0.382 e. The van der Waals surface area contributed by atoms with Gasteiger partial charge in [0.15, 0.2) is 0 Å². The molecule has 1 N–H and O–H groups in total. The Labute approximate surface area is 110 Å². The van der Waals surface area contributed by atoms with Gasteiger partial charge in [-0.25, -0.2) is 0 Å². The average molecular weight is 251 g/mol. The second kappa shape index (κ2) is 9.09. The lowest BCUT2D eigenvalue weighted by Gasteiger charge is -2.11. The Morgan fingerprint density at radius 2 is 1.78 bits per heavy atom. The molecule has 0 spiro atoms. The maximum Gasteiger partial charge on any atom is 0.0700 e. The van der Waals surface area contributed by atoms with Crippen LogP contribution in [0.1, 0.15) is 23.1 Å². The van der Waals surface area contributed by atoms with Crippen LogP contribution in [-0.2, 0) is 16.0 Å². The molecule has 0 saturated carbocycles. The summed E-state index contributed by atoms with van der Waals surface area (Å²) < 4.78 is 10.3. The number of aryl methyl sites for hydroxylation is 2. The first kappa shape index (κ1) is 15.2. The first-order valence-electron chi connectivity index (χ1n) is 6.58. The Kier molecular flexibility index (Phi) is 7.65. The monoisotopic (exact) mass is 251 g/mol. The van der Waals surface area contributed by atoms with Crippen LogP contribution in [0.25, 0.3) is 0 Å². The lowest BCUT2D eigenvalue weighted by molar-refractivity contribution is 0.0695. The average Bonchev–Trinajstić information content (AvgIpc) is 2.35. The van der Waals surface area contributed by atoms with Crippen LogP contribution >= 0.6 is 0 Å². The van der Waals surface area contributed by atoms with E-state index in [4.69, 9.17) is 9.47 Å². The predicted octanol–water partition coefficient (Wildman–Crippen LogP) is 2.45. The maximum absolute atomic E-state index is 5.41. The van der Waals surface area contributed by atoms with E-state index in [1.54, 1.807) is 7.11 Å². The van der Waals surface area contributed by atoms with Gasteiger partial charge in [0.25, 0.3) is 0 Å². The Balaban J connectivity index is 2.11. The van der Waals surface area contributed by atoms with Crippen molar-refractivity contribution < 1.29 is 9.47 Å². The fourth-order valence-corrected chi connectivity index (χ4v) is 1.88. The smallest absolute Gasteiger partial charge is 0.0700 e. The summed E-state index contributed by atoms with van der Waals surface area (Å²) in [6.45, 7) is 8.42. The van der Waals surface area contributed by atoms with Gasteiger partial charge in [-0.15, -0.1) is 0 Å². The van der Waals surface area contributed by atoms with Crippen molar-refractivity contribution in [2.75, 3.05) is 33.5 Å². The first-order chi connectivity index (χ1) is 8.75. The molecular weight excluding hydrogens is 226 g/mol. The first-order valence-corrected chi connectivity index (χ1v) is 6.58. The van der Waals surface area contributed by atoms with Crippen molar-refractivity contribution in [1.82, 2.24) is 5.32 Å². The molecule has 1 rings (SSSR count). The largest absolute Gasteiger partial charge is 0.382 e. The molecule has 0 fully saturated rings. The highest BCUT2D eigenvalue weighted by Crippen LogP contribution is 2.12. The minimum absolute atomic E-state index is 0.676. The molecule has 3 heteroatoms. The molecule has 0 heterocycles. The molecule has 0 atom stereocenters. The summed E-state index contributed by atoms with van der Waals surface area (Å²) in [6.07, 6.45) is 1.04. The van der Waals surface area contributed by atoms with E-state index in [0.29, 0.717) is 13.2 Å². The van der Waals surface area contributed by atoms with Crippen molar-refractivity contribution in [3.63, 3.8) is 0 Å². The van der Waals surface area contributed by atoms with E-state index in [2.05, 4.69) is 37.4 Å². The van der Waals surface area contributed by atoms with Crippen LogP contribution in [0.2, 0.25) is 0 Å². The van der Waals surface area contributed by atoms with Crippen LogP contribution in [0.4, 0.5) is 0 Å². The predicted molar refractivity (Wildman–Crippen MR) is 74.9 cm³/mol. The summed E-state index contributed by atoms with van der Waals surface area (Å²) >= 11 is 0. The Morgan fingerprint density at radius 1 is 1.06 bits per heavy atom. The van der Waals surface area contributed by atoms with Gasteiger partial charge in [0.2, 0.25) is 0 Å². The highest BCUT2D eigenvalue weighted by molar-refractivity contribution is 5.33. The summed E-state index contributed by atoms with van der Waals surface area (Å²) in [6, 6.07) is 6.44. The molecule has 0 aliphatic carbocycles. The molecule has 0 aliphatic rings. The van der Waals surface area contributed by atoms with Crippen LogP contribution in [-0.4, -0.2) is 33.5 Å². The third-order valence-corrected chi connectivity index (χ3v) is 3.02. The van der Waals surface area contributed by atoms with E-state index < -0.39 is 0 Å². The number of methoxy groups -OCH3 is 1. The van der Waals surface area contributed by atoms with Crippen molar-refractivity contribution in [1.29, 1.82) is 0 Å². The van der Waals surface area contributed by atoms with Crippen molar-refractivity contribution in [3.8, 4) is 0 Å². The fourth-order valence-electron chi connectivity index (χ4n) is 1.88. The summed E-state index contributed by atoms with van der Waals surface area (Å²) in [5.74, 6) is 0. The van der Waals surface area contributed by atoms with Crippen LogP contribution in [0.5, 0.6) is 0 Å². The van der Waals surface area contributed by atoms with E-state index >= 15 is 0 Å². The standard InChI is InChI=1S/C15H25NO2/c1-13-6-4-7-14(2)15(13)12-16-8-5-9-18-11-10-17-3/h4,6-7,16H,5,8-12H2,1-3H3. The number of nitrogens with one attached hydrogen (secondary N) is 1. The summed E-state index contributed by atoms with van der Waals surface area (Å²) in [5, 5.41) is 3.46. The molecule has 1 aromatic carbocycles. The summed E-state index contributed by atoms with van der Waals surface area (Å²) in [5.41, 5.74) is 4.13. The molecule has 1 aromatic rings. The van der Waals surface area contributed by atoms with Crippen molar-refractivity contribution in [2.24, 2.45) is 0 Å². The normalized spacial score (nSPS) is 10.8. The molecule has 0 unspecified atom stereocenters. The molecular formula is C15H25NO2. The van der Waals surface area contributed by atoms with E-state index in [1.807, 2.05) is 0 Å². The summed E-state index contributed by atoms with van der Waals surface area (Å²) in [4.78, 5) is 0. The second-order valence-corrected chi connectivity index (χ2v) is 4.51. The van der Waals surface area contributed by atoms with Gasteiger partial charge in [-0.2, -0.15) is 0 Å². The van der Waals surface area contributed by atoms with E-state index in [-0.39, 0.29) is 0 Å². The molecule has 18 heavy (non-hydrogen) atoms. The van der Waals surface area contributed by atoms with Gasteiger partial charge in [-0.3, -0.25) is 0 Å². The lowest BCUT2D eigenvalue weighted by atomic mass is 10.0. The van der Waals surface area contributed by atoms with Crippen LogP contribution < -0.4 is 5.32 Å². The third-order valence-electron chi connectivity index (χ3n) is 3.02. The minimum atomic E-state index is 0.676. The third kappa shape index (κ3) is 5.63. The van der Waals surface area contributed by atoms with Crippen LogP contribution in [0.3, 0.4) is 0 Å². The van der Waals surface area contributed by atoms with Crippen molar-refractivity contribution >= 4 is 0 Å². The SMILES string of the molecule is COCCOCCCNCc1c(C)cccc1C. The number of hydrogen-bond acceptors (Lipinski definition) is 3. The lowest BCUT2D eigenvalue weighted by Crippen LogP contribution is -2.18. The molecule has 3 nitrogen and oxygen atoms in total. The van der Waals surface area contributed by atoms with E-state index in [9.17, 15) is 0 Å². The molecule has 0 bridgehead atoms. The van der Waals surface area contributed by atoms with Gasteiger partial charge in [0, 0.05) is 20.3 Å². The van der Waals surface area contributed by atoms with Crippen molar-refractivity contribution in [3.05, 3.63) is 34.9 Å². The number of rotatable bonds is 9. The quantitative estimate of drug-likeness (QED) is 0.684. The topological polar surface area (TPSA) is 30.5 Å². The molecule has 0 radical (unpaired) electrons. The second-order valence-electron chi connectivity index (χ2n) is 4.51. The molecule has 102 valence electrons. The number of ether oxygens (including phenoxy) is 2. The van der Waals surface area contributed by atoms with Gasteiger partial charge >= 0.3 is 0 Å². The number of hydrogen-bond donors (Lipinski definition) is 1. The Morgan fingerprint density at radius 3 is 2.44 bits per heavy atom. The van der Waals surface area contributed by atoms with Crippen LogP contribution in [0.15, 0.2) is 18.2 Å². The Bertz CT molecular complexity index is 319. The zero-order valence-electron chi connectivity index (χ0n) is 11.8. The van der Waals surface area contributed by atoms with E-state index in [0.717, 1.165) is 26.1 Å². The summed E-state index contributed by atoms with van der Waals surface area (Å²) in [7, 11) is 1.69. The molecule has 0 aliphatic heterocycles. The zero-order valence-corrected chi connectivity index (χ0v) is 11.8. The van der Waals surface area contributed by atoms with Crippen LogP contribution in [0, 0.1) is 13.8 Å². The Hall–Kier alpha value is -0.900. The van der Waals surface area contributed by atoms with Gasteiger partial charge in [0.1, 0.15) is 0 Å². The zero-order chi connectivity index (χ0) is 13.2. The van der Waals surface area contributed by atoms with E-state index in [1.165, 1.54) is 16.7 Å². The molecule has 0 aromatic heterocycles. The van der Waals surface area contributed by atoms with Gasteiger partial charge in [-0.1, -0.05) is 18.2 Å².